The fraction of sp³-hybridized carbons (Fsp3) is 0.227. The molecule has 32 heavy (non-hydrogen) atoms. The molecule has 0 saturated carbocycles. The summed E-state index contributed by atoms with van der Waals surface area (Å²) in [7, 11) is 1.75. The molecular formula is C22H23N7O3. The topological polar surface area (TPSA) is 120 Å². The van der Waals surface area contributed by atoms with Crippen molar-refractivity contribution >= 4 is 17.7 Å². The third-order valence-corrected chi connectivity index (χ3v) is 4.76. The quantitative estimate of drug-likeness (QED) is 0.494. The lowest BCUT2D eigenvalue weighted by Gasteiger charge is -2.14. The van der Waals surface area contributed by atoms with Gasteiger partial charge in [-0.25, -0.2) is 14.8 Å². The number of amides is 2. The second-order valence-electron chi connectivity index (χ2n) is 7.61. The maximum atomic E-state index is 12.4. The van der Waals surface area contributed by atoms with Crippen LogP contribution in [0.25, 0.3) is 22.6 Å². The molecule has 0 fully saturated rings. The minimum atomic E-state index is -0.499. The lowest BCUT2D eigenvalue weighted by molar-refractivity contribution is 0.262. The van der Waals surface area contributed by atoms with Crippen molar-refractivity contribution in [3.8, 4) is 22.6 Å². The normalized spacial score (nSPS) is 11.0. The van der Waals surface area contributed by atoms with E-state index in [1.165, 1.54) is 12.3 Å². The summed E-state index contributed by atoms with van der Waals surface area (Å²) < 4.78 is 9.01. The SMILES string of the molecule is Cc1ccc(-c2nc(NC(=O)Nc3cnn(C)c3)ncc2-c2ccc(=O)n(C(C)C)c2)o1. The largest absolute Gasteiger partial charge is 0.460 e. The number of carbonyl (C=O) groups excluding carboxylic acids is 1. The fourth-order valence-corrected chi connectivity index (χ4v) is 3.22. The Labute approximate surface area is 183 Å². The predicted octanol–water partition coefficient (Wildman–Crippen LogP) is 3.83. The lowest BCUT2D eigenvalue weighted by atomic mass is 10.1. The molecule has 0 aliphatic heterocycles. The second-order valence-corrected chi connectivity index (χ2v) is 7.61. The summed E-state index contributed by atoms with van der Waals surface area (Å²) in [6.07, 6.45) is 6.58. The Morgan fingerprint density at radius 1 is 1.09 bits per heavy atom. The summed E-state index contributed by atoms with van der Waals surface area (Å²) in [6.45, 7) is 5.71. The van der Waals surface area contributed by atoms with E-state index in [0.29, 0.717) is 22.7 Å². The molecule has 0 atom stereocenters. The average Bonchev–Trinajstić information content (AvgIpc) is 3.36. The molecule has 0 bridgehead atoms. The first-order valence-electron chi connectivity index (χ1n) is 10.0. The average molecular weight is 433 g/mol. The molecule has 164 valence electrons. The van der Waals surface area contributed by atoms with Crippen LogP contribution in [0.5, 0.6) is 0 Å². The van der Waals surface area contributed by atoms with Gasteiger partial charge in [0.25, 0.3) is 5.56 Å². The maximum Gasteiger partial charge on any atom is 0.326 e. The number of pyridine rings is 1. The van der Waals surface area contributed by atoms with E-state index in [1.807, 2.05) is 26.8 Å². The van der Waals surface area contributed by atoms with E-state index in [1.54, 1.807) is 47.0 Å². The van der Waals surface area contributed by atoms with Gasteiger partial charge in [0.15, 0.2) is 5.76 Å². The molecule has 10 nitrogen and oxygen atoms in total. The molecule has 0 unspecified atom stereocenters. The first kappa shape index (κ1) is 21.0. The van der Waals surface area contributed by atoms with Crippen molar-refractivity contribution in [3.05, 3.63) is 65.2 Å². The van der Waals surface area contributed by atoms with Gasteiger partial charge in [0.1, 0.15) is 11.5 Å². The third kappa shape index (κ3) is 4.43. The molecule has 0 radical (unpaired) electrons. The van der Waals surface area contributed by atoms with Crippen LogP contribution in [0.4, 0.5) is 16.4 Å². The van der Waals surface area contributed by atoms with Crippen molar-refractivity contribution in [2.45, 2.75) is 26.8 Å². The van der Waals surface area contributed by atoms with Gasteiger partial charge >= 0.3 is 6.03 Å². The smallest absolute Gasteiger partial charge is 0.326 e. The van der Waals surface area contributed by atoms with Gasteiger partial charge in [-0.3, -0.25) is 14.8 Å². The molecule has 0 aliphatic rings. The highest BCUT2D eigenvalue weighted by molar-refractivity contribution is 5.98. The van der Waals surface area contributed by atoms with Crippen molar-refractivity contribution < 1.29 is 9.21 Å². The van der Waals surface area contributed by atoms with Gasteiger partial charge in [0.05, 0.1) is 11.9 Å². The van der Waals surface area contributed by atoms with Crippen molar-refractivity contribution in [1.29, 1.82) is 0 Å². The Balaban J connectivity index is 1.71. The minimum absolute atomic E-state index is 0.00483. The minimum Gasteiger partial charge on any atom is -0.460 e. The van der Waals surface area contributed by atoms with Crippen LogP contribution in [0, 0.1) is 6.92 Å². The highest BCUT2D eigenvalue weighted by Gasteiger charge is 2.17. The van der Waals surface area contributed by atoms with E-state index in [-0.39, 0.29) is 17.5 Å². The summed E-state index contributed by atoms with van der Waals surface area (Å²) in [4.78, 5) is 33.4. The molecule has 4 aromatic heterocycles. The zero-order valence-electron chi connectivity index (χ0n) is 18.2. The number of anilines is 2. The van der Waals surface area contributed by atoms with Crippen molar-refractivity contribution in [1.82, 2.24) is 24.3 Å². The van der Waals surface area contributed by atoms with E-state index in [9.17, 15) is 9.59 Å². The molecule has 10 heteroatoms. The first-order valence-corrected chi connectivity index (χ1v) is 10.0. The van der Waals surface area contributed by atoms with Crippen LogP contribution < -0.4 is 16.2 Å². The molecular weight excluding hydrogens is 410 g/mol. The number of urea groups is 1. The van der Waals surface area contributed by atoms with Crippen LogP contribution in [0.1, 0.15) is 25.6 Å². The number of nitrogens with one attached hydrogen (secondary N) is 2. The van der Waals surface area contributed by atoms with Crippen molar-refractivity contribution in [3.63, 3.8) is 0 Å². The second kappa shape index (κ2) is 8.50. The van der Waals surface area contributed by atoms with Crippen molar-refractivity contribution in [2.24, 2.45) is 7.05 Å². The number of aromatic nitrogens is 5. The number of nitrogens with zero attached hydrogens (tertiary/aromatic N) is 5. The number of rotatable bonds is 5. The molecule has 0 aliphatic carbocycles. The number of hydrogen-bond acceptors (Lipinski definition) is 6. The third-order valence-electron chi connectivity index (χ3n) is 4.76. The number of furan rings is 1. The Bertz CT molecular complexity index is 1330. The first-order chi connectivity index (χ1) is 15.3. The van der Waals surface area contributed by atoms with Crippen LogP contribution in [0.15, 0.2) is 58.3 Å². The Hall–Kier alpha value is -4.21. The number of aryl methyl sites for hydroxylation is 2. The molecule has 2 amide bonds. The van der Waals surface area contributed by atoms with Gasteiger partial charge in [0, 0.05) is 48.9 Å². The molecule has 4 aromatic rings. The standard InChI is InChI=1S/C22H23N7O3/c1-13(2)29-11-15(6-8-19(29)30)17-10-23-21(26-20(17)18-7-5-14(3)32-18)27-22(31)25-16-9-24-28(4)12-16/h5-13H,1-4H3,(H2,23,25,26,27,31). The van der Waals surface area contributed by atoms with Crippen molar-refractivity contribution in [2.75, 3.05) is 10.6 Å². The maximum absolute atomic E-state index is 12.4. The van der Waals surface area contributed by atoms with Gasteiger partial charge in [-0.2, -0.15) is 5.10 Å². The highest BCUT2D eigenvalue weighted by Crippen LogP contribution is 2.31. The van der Waals surface area contributed by atoms with Crippen LogP contribution in [0.3, 0.4) is 0 Å². The van der Waals surface area contributed by atoms with E-state index in [2.05, 4.69) is 25.7 Å². The van der Waals surface area contributed by atoms with Gasteiger partial charge in [-0.15, -0.1) is 0 Å². The van der Waals surface area contributed by atoms with Gasteiger partial charge in [-0.05, 0) is 39.0 Å². The van der Waals surface area contributed by atoms with E-state index in [4.69, 9.17) is 4.42 Å². The molecule has 2 N–H and O–H groups in total. The number of hydrogen-bond donors (Lipinski definition) is 2. The van der Waals surface area contributed by atoms with Crippen LogP contribution in [0.2, 0.25) is 0 Å². The zero-order valence-corrected chi connectivity index (χ0v) is 18.2. The van der Waals surface area contributed by atoms with Crippen LogP contribution in [-0.4, -0.2) is 30.3 Å². The fourth-order valence-electron chi connectivity index (χ4n) is 3.22. The number of carbonyl (C=O) groups is 1. The summed E-state index contributed by atoms with van der Waals surface area (Å²) >= 11 is 0. The Morgan fingerprint density at radius 2 is 1.91 bits per heavy atom. The monoisotopic (exact) mass is 433 g/mol. The van der Waals surface area contributed by atoms with Gasteiger partial charge < -0.3 is 14.3 Å². The van der Waals surface area contributed by atoms with E-state index < -0.39 is 6.03 Å². The summed E-state index contributed by atoms with van der Waals surface area (Å²) in [5, 5.41) is 9.31. The van der Waals surface area contributed by atoms with Gasteiger partial charge in [-0.1, -0.05) is 0 Å². The lowest BCUT2D eigenvalue weighted by Crippen LogP contribution is -2.21. The Kier molecular flexibility index (Phi) is 5.59. The van der Waals surface area contributed by atoms with Crippen LogP contribution >= 0.6 is 0 Å². The summed E-state index contributed by atoms with van der Waals surface area (Å²) in [6, 6.07) is 6.37. The molecule has 0 saturated heterocycles. The van der Waals surface area contributed by atoms with Crippen LogP contribution in [-0.2, 0) is 7.05 Å². The van der Waals surface area contributed by atoms with E-state index >= 15 is 0 Å². The zero-order chi connectivity index (χ0) is 22.8. The van der Waals surface area contributed by atoms with E-state index in [0.717, 1.165) is 11.3 Å². The molecule has 4 heterocycles. The summed E-state index contributed by atoms with van der Waals surface area (Å²) in [5.74, 6) is 1.36. The highest BCUT2D eigenvalue weighted by atomic mass is 16.3. The molecule has 0 spiro atoms. The Morgan fingerprint density at radius 3 is 2.56 bits per heavy atom. The predicted molar refractivity (Wildman–Crippen MR) is 120 cm³/mol. The van der Waals surface area contributed by atoms with Gasteiger partial charge in [0.2, 0.25) is 5.95 Å². The summed E-state index contributed by atoms with van der Waals surface area (Å²) in [5.41, 5.74) is 2.38. The molecule has 0 aromatic carbocycles. The molecule has 4 rings (SSSR count).